The molecule has 0 unspecified atom stereocenters. The van der Waals surface area contributed by atoms with Crippen LogP contribution in [0.4, 0.5) is 0 Å². The standard InChI is InChI=1S/C20H28N4OS.HI/c1-4-21-20(24-14-17-9-8-15(2)13-16(17)3)23-11-6-10-22-19(25)18-7-5-12-26-18;/h5,7-9,12-13H,4,6,10-11,14H2,1-3H3,(H,22,25)(H2,21,23,24);1H. The first kappa shape index (κ1) is 23.4. The summed E-state index contributed by atoms with van der Waals surface area (Å²) in [5.41, 5.74) is 3.77. The van der Waals surface area contributed by atoms with Crippen molar-refractivity contribution < 1.29 is 4.79 Å². The minimum Gasteiger partial charge on any atom is -0.357 e. The molecule has 0 bridgehead atoms. The van der Waals surface area contributed by atoms with Crippen LogP contribution in [0.15, 0.2) is 40.7 Å². The summed E-state index contributed by atoms with van der Waals surface area (Å²) in [5, 5.41) is 11.4. The first-order chi connectivity index (χ1) is 12.6. The first-order valence-corrected chi connectivity index (χ1v) is 9.88. The average Bonchev–Trinajstić information content (AvgIpc) is 3.15. The molecule has 0 aliphatic heterocycles. The number of carbonyl (C=O) groups is 1. The van der Waals surface area contributed by atoms with Crippen molar-refractivity contribution in [3.8, 4) is 0 Å². The number of hydrogen-bond acceptors (Lipinski definition) is 3. The first-order valence-electron chi connectivity index (χ1n) is 9.00. The highest BCUT2D eigenvalue weighted by Gasteiger charge is 2.05. The SMILES string of the molecule is CCNC(=NCc1ccc(C)cc1C)NCCCNC(=O)c1cccs1.I. The van der Waals surface area contributed by atoms with Gasteiger partial charge in [0.2, 0.25) is 0 Å². The maximum atomic E-state index is 11.9. The van der Waals surface area contributed by atoms with Crippen molar-refractivity contribution in [1.82, 2.24) is 16.0 Å². The summed E-state index contributed by atoms with van der Waals surface area (Å²) in [4.78, 5) is 17.3. The van der Waals surface area contributed by atoms with Crippen LogP contribution in [0.1, 0.15) is 39.7 Å². The van der Waals surface area contributed by atoms with Crippen molar-refractivity contribution in [2.45, 2.75) is 33.7 Å². The maximum absolute atomic E-state index is 11.9. The normalized spacial score (nSPS) is 10.9. The smallest absolute Gasteiger partial charge is 0.261 e. The molecule has 3 N–H and O–H groups in total. The molecule has 0 aliphatic carbocycles. The third-order valence-corrected chi connectivity index (χ3v) is 4.79. The van der Waals surface area contributed by atoms with Crippen molar-refractivity contribution >= 4 is 47.2 Å². The molecule has 1 aromatic heterocycles. The molecule has 0 spiro atoms. The van der Waals surface area contributed by atoms with E-state index in [-0.39, 0.29) is 29.9 Å². The largest absolute Gasteiger partial charge is 0.357 e. The Hall–Kier alpha value is -1.61. The molecule has 1 amide bonds. The second-order valence-electron chi connectivity index (χ2n) is 6.14. The van der Waals surface area contributed by atoms with Crippen molar-refractivity contribution in [3.63, 3.8) is 0 Å². The zero-order valence-electron chi connectivity index (χ0n) is 16.2. The minimum absolute atomic E-state index is 0. The molecule has 2 aromatic rings. The van der Waals surface area contributed by atoms with Crippen LogP contribution in [0.5, 0.6) is 0 Å². The van der Waals surface area contributed by atoms with Crippen LogP contribution in [0.3, 0.4) is 0 Å². The Morgan fingerprint density at radius 1 is 1.11 bits per heavy atom. The fourth-order valence-corrected chi connectivity index (χ4v) is 3.16. The number of rotatable bonds is 8. The summed E-state index contributed by atoms with van der Waals surface area (Å²) >= 11 is 1.46. The highest BCUT2D eigenvalue weighted by molar-refractivity contribution is 14.0. The number of thiophene rings is 1. The lowest BCUT2D eigenvalue weighted by Crippen LogP contribution is -2.38. The number of benzene rings is 1. The molecule has 5 nitrogen and oxygen atoms in total. The fraction of sp³-hybridized carbons (Fsp3) is 0.400. The van der Waals surface area contributed by atoms with Gasteiger partial charge in [-0.3, -0.25) is 4.79 Å². The molecule has 0 atom stereocenters. The van der Waals surface area contributed by atoms with Gasteiger partial charge in [-0.15, -0.1) is 35.3 Å². The van der Waals surface area contributed by atoms with Crippen LogP contribution in [0.2, 0.25) is 0 Å². The van der Waals surface area contributed by atoms with Crippen LogP contribution in [0.25, 0.3) is 0 Å². The predicted molar refractivity (Wildman–Crippen MR) is 125 cm³/mol. The number of aliphatic imine (C=N–C) groups is 1. The van der Waals surface area contributed by atoms with Gasteiger partial charge < -0.3 is 16.0 Å². The van der Waals surface area contributed by atoms with Crippen LogP contribution in [-0.4, -0.2) is 31.5 Å². The summed E-state index contributed by atoms with van der Waals surface area (Å²) in [6.07, 6.45) is 0.838. The summed E-state index contributed by atoms with van der Waals surface area (Å²) < 4.78 is 0. The van der Waals surface area contributed by atoms with Gasteiger partial charge in [0.1, 0.15) is 0 Å². The van der Waals surface area contributed by atoms with E-state index in [9.17, 15) is 4.79 Å². The van der Waals surface area contributed by atoms with Gasteiger partial charge in [0.25, 0.3) is 5.91 Å². The lowest BCUT2D eigenvalue weighted by atomic mass is 10.1. The molecule has 7 heteroatoms. The third kappa shape index (κ3) is 8.30. The Labute approximate surface area is 183 Å². The van der Waals surface area contributed by atoms with Crippen molar-refractivity contribution in [1.29, 1.82) is 0 Å². The van der Waals surface area contributed by atoms with E-state index in [0.29, 0.717) is 13.1 Å². The molecule has 0 saturated carbocycles. The summed E-state index contributed by atoms with van der Waals surface area (Å²) in [7, 11) is 0. The highest BCUT2D eigenvalue weighted by atomic mass is 127. The van der Waals surface area contributed by atoms with E-state index in [2.05, 4.69) is 59.9 Å². The van der Waals surface area contributed by atoms with Crippen molar-refractivity contribution in [2.75, 3.05) is 19.6 Å². The molecule has 148 valence electrons. The van der Waals surface area contributed by atoms with Crippen LogP contribution in [0, 0.1) is 13.8 Å². The van der Waals surface area contributed by atoms with E-state index < -0.39 is 0 Å². The number of guanidine groups is 1. The number of halogens is 1. The molecule has 0 aliphatic rings. The molecule has 27 heavy (non-hydrogen) atoms. The predicted octanol–water partition coefficient (Wildman–Crippen LogP) is 3.86. The van der Waals surface area contributed by atoms with Crippen molar-refractivity contribution in [2.24, 2.45) is 4.99 Å². The van der Waals surface area contributed by atoms with Gasteiger partial charge in [0.05, 0.1) is 11.4 Å². The summed E-state index contributed by atoms with van der Waals surface area (Å²) in [6.45, 7) is 9.13. The fourth-order valence-electron chi connectivity index (χ4n) is 2.52. The second kappa shape index (κ2) is 12.7. The van der Waals surface area contributed by atoms with E-state index in [0.717, 1.165) is 30.3 Å². The molecular formula is C20H29IN4OS. The van der Waals surface area contributed by atoms with E-state index in [1.807, 2.05) is 17.5 Å². The van der Waals surface area contributed by atoms with E-state index >= 15 is 0 Å². The lowest BCUT2D eigenvalue weighted by molar-refractivity contribution is 0.0957. The topological polar surface area (TPSA) is 65.5 Å². The zero-order valence-corrected chi connectivity index (χ0v) is 19.3. The number of amides is 1. The third-order valence-electron chi connectivity index (χ3n) is 3.93. The van der Waals surface area contributed by atoms with E-state index in [4.69, 9.17) is 0 Å². The summed E-state index contributed by atoms with van der Waals surface area (Å²) in [6, 6.07) is 10.2. The molecule has 1 heterocycles. The Bertz CT molecular complexity index is 732. The molecule has 0 fully saturated rings. The lowest BCUT2D eigenvalue weighted by Gasteiger charge is -2.12. The molecule has 2 rings (SSSR count). The van der Waals surface area contributed by atoms with Gasteiger partial charge in [-0.05, 0) is 49.8 Å². The van der Waals surface area contributed by atoms with Gasteiger partial charge in [0.15, 0.2) is 5.96 Å². The molecule has 1 aromatic carbocycles. The number of nitrogens with one attached hydrogen (secondary N) is 3. The highest BCUT2D eigenvalue weighted by Crippen LogP contribution is 2.11. The Balaban J connectivity index is 0.00000364. The van der Waals surface area contributed by atoms with Crippen molar-refractivity contribution in [3.05, 3.63) is 57.3 Å². The van der Waals surface area contributed by atoms with Gasteiger partial charge in [0, 0.05) is 19.6 Å². The number of hydrogen-bond donors (Lipinski definition) is 3. The van der Waals surface area contributed by atoms with Crippen LogP contribution in [-0.2, 0) is 6.54 Å². The molecule has 0 radical (unpaired) electrons. The maximum Gasteiger partial charge on any atom is 0.261 e. The van der Waals surface area contributed by atoms with Gasteiger partial charge >= 0.3 is 0 Å². The number of aryl methyl sites for hydroxylation is 2. The monoisotopic (exact) mass is 500 g/mol. The van der Waals surface area contributed by atoms with Crippen LogP contribution >= 0.6 is 35.3 Å². The average molecular weight is 500 g/mol. The number of carbonyl (C=O) groups excluding carboxylic acids is 1. The quantitative estimate of drug-likeness (QED) is 0.223. The van der Waals surface area contributed by atoms with E-state index in [1.165, 1.54) is 28.0 Å². The number of nitrogens with zero attached hydrogens (tertiary/aromatic N) is 1. The molecule has 0 saturated heterocycles. The Morgan fingerprint density at radius 2 is 1.89 bits per heavy atom. The van der Waals surface area contributed by atoms with Gasteiger partial charge in [-0.2, -0.15) is 0 Å². The Kier molecular flexibility index (Phi) is 11.0. The molecular weight excluding hydrogens is 471 g/mol. The van der Waals surface area contributed by atoms with Crippen LogP contribution < -0.4 is 16.0 Å². The summed E-state index contributed by atoms with van der Waals surface area (Å²) in [5.74, 6) is 0.799. The second-order valence-corrected chi connectivity index (χ2v) is 7.09. The van der Waals surface area contributed by atoms with Gasteiger partial charge in [-0.1, -0.05) is 29.8 Å². The Morgan fingerprint density at radius 3 is 2.56 bits per heavy atom. The van der Waals surface area contributed by atoms with E-state index in [1.54, 1.807) is 0 Å². The van der Waals surface area contributed by atoms with Gasteiger partial charge in [-0.25, -0.2) is 4.99 Å². The minimum atomic E-state index is -0.00424. The zero-order chi connectivity index (χ0) is 18.8.